The van der Waals surface area contributed by atoms with Gasteiger partial charge in [-0.3, -0.25) is 4.79 Å². The van der Waals surface area contributed by atoms with Gasteiger partial charge in [-0.2, -0.15) is 0 Å². The van der Waals surface area contributed by atoms with E-state index < -0.39 is 11.9 Å². The van der Waals surface area contributed by atoms with E-state index in [1.807, 2.05) is 13.8 Å². The van der Waals surface area contributed by atoms with Gasteiger partial charge in [0.25, 0.3) is 0 Å². The molecule has 1 unspecified atom stereocenters. The lowest BCUT2D eigenvalue weighted by Crippen LogP contribution is -2.40. The van der Waals surface area contributed by atoms with Crippen LogP contribution in [0.3, 0.4) is 0 Å². The third-order valence-electron chi connectivity index (χ3n) is 4.90. The van der Waals surface area contributed by atoms with Gasteiger partial charge in [0.05, 0.1) is 37.0 Å². The van der Waals surface area contributed by atoms with E-state index in [4.69, 9.17) is 15.2 Å². The standard InChI is InChI=1S/C20H27N5O4/c1-4-29-19(27)16-13(9-28-6-5-21)25-12-7-20(2,3)8-14(26)15(12)17(16)18-23-10-22-11-24-18/h10-11,17,25H,4-9,21H2,1-3H3. The monoisotopic (exact) mass is 401 g/mol. The minimum atomic E-state index is -0.728. The Morgan fingerprint density at radius 2 is 2.03 bits per heavy atom. The van der Waals surface area contributed by atoms with Crippen molar-refractivity contribution in [2.45, 2.75) is 39.5 Å². The van der Waals surface area contributed by atoms with Crippen molar-refractivity contribution >= 4 is 11.8 Å². The van der Waals surface area contributed by atoms with E-state index in [1.54, 1.807) is 6.92 Å². The highest BCUT2D eigenvalue weighted by Crippen LogP contribution is 2.45. The number of ketones is 1. The minimum absolute atomic E-state index is 0.0297. The Labute approximate surface area is 169 Å². The summed E-state index contributed by atoms with van der Waals surface area (Å²) in [6, 6.07) is 0. The number of dihydropyridines is 1. The summed E-state index contributed by atoms with van der Waals surface area (Å²) >= 11 is 0. The number of Topliss-reactive ketones (excluding diaryl/α,β-unsaturated/α-hetero) is 1. The number of carbonyl (C=O) groups excluding carboxylic acids is 2. The fourth-order valence-corrected chi connectivity index (χ4v) is 3.83. The van der Waals surface area contributed by atoms with E-state index in [2.05, 4.69) is 20.3 Å². The number of nitrogens with one attached hydrogen (secondary N) is 1. The molecule has 0 radical (unpaired) electrons. The molecule has 9 nitrogen and oxygen atoms in total. The predicted molar refractivity (Wildman–Crippen MR) is 104 cm³/mol. The van der Waals surface area contributed by atoms with E-state index in [0.717, 1.165) is 5.70 Å². The molecule has 29 heavy (non-hydrogen) atoms. The SMILES string of the molecule is CCOC(=O)C1=C(COCCN)NC2=C(C(=O)CC(C)(C)C2)C1c1ncncn1. The van der Waals surface area contributed by atoms with Crippen molar-refractivity contribution in [1.82, 2.24) is 20.3 Å². The molecule has 2 heterocycles. The van der Waals surface area contributed by atoms with Gasteiger partial charge in [0, 0.05) is 24.2 Å². The molecular weight excluding hydrogens is 374 g/mol. The molecule has 1 aromatic rings. The number of hydrogen-bond donors (Lipinski definition) is 2. The number of aromatic nitrogens is 3. The molecule has 3 N–H and O–H groups in total. The molecule has 1 aliphatic carbocycles. The summed E-state index contributed by atoms with van der Waals surface area (Å²) in [7, 11) is 0. The van der Waals surface area contributed by atoms with Gasteiger partial charge in [0.1, 0.15) is 18.5 Å². The van der Waals surface area contributed by atoms with Crippen LogP contribution in [0.2, 0.25) is 0 Å². The van der Waals surface area contributed by atoms with Crippen LogP contribution in [-0.2, 0) is 19.1 Å². The minimum Gasteiger partial charge on any atom is -0.463 e. The molecule has 156 valence electrons. The van der Waals surface area contributed by atoms with Gasteiger partial charge < -0.3 is 20.5 Å². The summed E-state index contributed by atoms with van der Waals surface area (Å²) in [6.45, 7) is 6.87. The summed E-state index contributed by atoms with van der Waals surface area (Å²) in [5.41, 5.74) is 7.46. The van der Waals surface area contributed by atoms with Gasteiger partial charge in [-0.1, -0.05) is 13.8 Å². The average Bonchev–Trinajstić information content (AvgIpc) is 2.67. The Morgan fingerprint density at radius 3 is 2.69 bits per heavy atom. The highest BCUT2D eigenvalue weighted by atomic mass is 16.5. The maximum Gasteiger partial charge on any atom is 0.336 e. The Bertz CT molecular complexity index is 848. The van der Waals surface area contributed by atoms with E-state index in [1.165, 1.54) is 12.7 Å². The predicted octanol–water partition coefficient (Wildman–Crippen LogP) is 0.994. The van der Waals surface area contributed by atoms with Crippen molar-refractivity contribution in [3.63, 3.8) is 0 Å². The van der Waals surface area contributed by atoms with Gasteiger partial charge in [-0.15, -0.1) is 0 Å². The van der Waals surface area contributed by atoms with Crippen LogP contribution in [0.15, 0.2) is 35.2 Å². The van der Waals surface area contributed by atoms with Crippen molar-refractivity contribution in [3.05, 3.63) is 41.0 Å². The fourth-order valence-electron chi connectivity index (χ4n) is 3.83. The molecule has 0 amide bonds. The first kappa shape index (κ1) is 21.1. The molecule has 1 atom stereocenters. The topological polar surface area (TPSA) is 129 Å². The van der Waals surface area contributed by atoms with Crippen LogP contribution in [0, 0.1) is 5.41 Å². The lowest BCUT2D eigenvalue weighted by Gasteiger charge is -2.39. The second kappa shape index (κ2) is 8.79. The number of allylic oxidation sites excluding steroid dienone is 2. The highest BCUT2D eigenvalue weighted by Gasteiger charge is 2.45. The summed E-state index contributed by atoms with van der Waals surface area (Å²) in [6.07, 6.45) is 3.75. The highest BCUT2D eigenvalue weighted by molar-refractivity contribution is 6.04. The maximum absolute atomic E-state index is 13.1. The zero-order valence-electron chi connectivity index (χ0n) is 17.0. The summed E-state index contributed by atoms with van der Waals surface area (Å²) in [4.78, 5) is 38.4. The molecule has 1 aliphatic heterocycles. The van der Waals surface area contributed by atoms with Gasteiger partial charge >= 0.3 is 5.97 Å². The second-order valence-electron chi connectivity index (χ2n) is 7.84. The van der Waals surface area contributed by atoms with Crippen LogP contribution in [0.1, 0.15) is 45.4 Å². The smallest absolute Gasteiger partial charge is 0.336 e. The number of carbonyl (C=O) groups is 2. The first-order valence-electron chi connectivity index (χ1n) is 9.71. The maximum atomic E-state index is 13.1. The molecule has 0 saturated carbocycles. The quantitative estimate of drug-likeness (QED) is 0.507. The lowest BCUT2D eigenvalue weighted by molar-refractivity contribution is -0.139. The van der Waals surface area contributed by atoms with Crippen LogP contribution in [0.5, 0.6) is 0 Å². The largest absolute Gasteiger partial charge is 0.463 e. The van der Waals surface area contributed by atoms with Gasteiger partial charge in [0.15, 0.2) is 5.78 Å². The van der Waals surface area contributed by atoms with E-state index >= 15 is 0 Å². The summed E-state index contributed by atoms with van der Waals surface area (Å²) in [5.74, 6) is -0.950. The molecule has 0 fully saturated rings. The van der Waals surface area contributed by atoms with Crippen molar-refractivity contribution < 1.29 is 19.1 Å². The summed E-state index contributed by atoms with van der Waals surface area (Å²) in [5, 5.41) is 3.29. The number of nitrogens with two attached hydrogens (primary N) is 1. The Morgan fingerprint density at radius 1 is 1.31 bits per heavy atom. The van der Waals surface area contributed by atoms with Crippen LogP contribution in [0.4, 0.5) is 0 Å². The lowest BCUT2D eigenvalue weighted by atomic mass is 9.70. The van der Waals surface area contributed by atoms with Crippen LogP contribution in [0.25, 0.3) is 0 Å². The molecule has 9 heteroatoms. The Kier molecular flexibility index (Phi) is 6.39. The number of hydrogen-bond acceptors (Lipinski definition) is 9. The second-order valence-corrected chi connectivity index (χ2v) is 7.84. The van der Waals surface area contributed by atoms with Crippen molar-refractivity contribution in [2.24, 2.45) is 11.1 Å². The van der Waals surface area contributed by atoms with Gasteiger partial charge in [0.2, 0.25) is 0 Å². The zero-order chi connectivity index (χ0) is 21.0. The van der Waals surface area contributed by atoms with Crippen molar-refractivity contribution in [1.29, 1.82) is 0 Å². The Hall–Kier alpha value is -2.65. The third kappa shape index (κ3) is 4.51. The van der Waals surface area contributed by atoms with Crippen molar-refractivity contribution in [3.8, 4) is 0 Å². The number of esters is 1. The van der Waals surface area contributed by atoms with E-state index in [9.17, 15) is 9.59 Å². The fraction of sp³-hybridized carbons (Fsp3) is 0.550. The number of ether oxygens (including phenoxy) is 2. The van der Waals surface area contributed by atoms with E-state index in [0.29, 0.717) is 48.7 Å². The van der Waals surface area contributed by atoms with Gasteiger partial charge in [-0.25, -0.2) is 19.7 Å². The number of nitrogens with zero attached hydrogens (tertiary/aromatic N) is 3. The molecule has 0 bridgehead atoms. The molecule has 0 saturated heterocycles. The zero-order valence-corrected chi connectivity index (χ0v) is 17.0. The van der Waals surface area contributed by atoms with Gasteiger partial charge in [-0.05, 0) is 18.8 Å². The normalized spacial score (nSPS) is 21.0. The Balaban J connectivity index is 2.14. The van der Waals surface area contributed by atoms with Crippen LogP contribution < -0.4 is 11.1 Å². The number of rotatable bonds is 7. The molecule has 2 aliphatic rings. The molecule has 1 aromatic heterocycles. The molecule has 3 rings (SSSR count). The summed E-state index contributed by atoms with van der Waals surface area (Å²) < 4.78 is 10.9. The average molecular weight is 401 g/mol. The van der Waals surface area contributed by atoms with Crippen molar-refractivity contribution in [2.75, 3.05) is 26.4 Å². The third-order valence-corrected chi connectivity index (χ3v) is 4.90. The first-order valence-corrected chi connectivity index (χ1v) is 9.71. The van der Waals surface area contributed by atoms with Crippen LogP contribution in [-0.4, -0.2) is 53.1 Å². The van der Waals surface area contributed by atoms with E-state index in [-0.39, 0.29) is 24.4 Å². The molecular formula is C20H27N5O4. The molecule has 0 spiro atoms. The molecule has 0 aromatic carbocycles. The van der Waals surface area contributed by atoms with Crippen LogP contribution >= 0.6 is 0 Å². The first-order chi connectivity index (χ1) is 13.9.